The molecular weight excluding hydrogens is 151 g/mol. The molecule has 44 valence electrons. The van der Waals surface area contributed by atoms with Crippen LogP contribution >= 0.6 is 29.2 Å². The van der Waals surface area contributed by atoms with Crippen molar-refractivity contribution < 1.29 is 10.2 Å². The Labute approximate surface area is 52.6 Å². The Hall–Kier alpha value is 1.05. The van der Waals surface area contributed by atoms with Gasteiger partial charge in [0, 0.05) is 7.12 Å². The van der Waals surface area contributed by atoms with Gasteiger partial charge in [-0.1, -0.05) is 10.4 Å². The maximum atomic E-state index is 8.33. The summed E-state index contributed by atoms with van der Waals surface area (Å²) >= 11 is 3.80. The lowest BCUT2D eigenvalue weighted by atomic mass is 11.7. The van der Waals surface area contributed by atoms with Crippen molar-refractivity contribution in [2.24, 2.45) is 0 Å². The zero-order valence-corrected chi connectivity index (χ0v) is 6.22. The summed E-state index contributed by atoms with van der Waals surface area (Å²) < 4.78 is 0. The molecule has 5 heteroatoms. The van der Waals surface area contributed by atoms with Crippen LogP contribution in [0.5, 0.6) is 0 Å². The van der Waals surface area contributed by atoms with Crippen LogP contribution in [0.4, 0.5) is 0 Å². The standard InChI is InChI=1S/C2H7O2PS2/c3-1-5(2-4)7-6/h3-4,6H,1-2H2. The van der Waals surface area contributed by atoms with Gasteiger partial charge in [-0.15, -0.1) is 11.7 Å². The van der Waals surface area contributed by atoms with Crippen LogP contribution < -0.4 is 0 Å². The molecule has 0 amide bonds. The van der Waals surface area contributed by atoms with E-state index < -0.39 is 7.12 Å². The van der Waals surface area contributed by atoms with Gasteiger partial charge in [0.15, 0.2) is 0 Å². The van der Waals surface area contributed by atoms with Crippen molar-refractivity contribution >= 4 is 29.2 Å². The molecule has 0 radical (unpaired) electrons. The Bertz CT molecular complexity index is 35.2. The Morgan fingerprint density at radius 2 is 1.86 bits per heavy atom. The van der Waals surface area contributed by atoms with Crippen molar-refractivity contribution in [3.63, 3.8) is 0 Å². The van der Waals surface area contributed by atoms with Gasteiger partial charge in [0.25, 0.3) is 0 Å². The van der Waals surface area contributed by atoms with Gasteiger partial charge in [-0.3, -0.25) is 0 Å². The van der Waals surface area contributed by atoms with Crippen LogP contribution in [0, 0.1) is 0 Å². The van der Waals surface area contributed by atoms with Crippen molar-refractivity contribution in [2.45, 2.75) is 0 Å². The van der Waals surface area contributed by atoms with Gasteiger partial charge in [-0.25, -0.2) is 0 Å². The summed E-state index contributed by atoms with van der Waals surface area (Å²) in [5.41, 5.74) is 0. The monoisotopic (exact) mass is 158 g/mol. The highest BCUT2D eigenvalue weighted by molar-refractivity contribution is 8.93. The lowest BCUT2D eigenvalue weighted by Gasteiger charge is -2.02. The fourth-order valence-electron chi connectivity index (χ4n) is 0.0964. The molecule has 0 atom stereocenters. The highest BCUT2D eigenvalue weighted by Gasteiger charge is 1.99. The molecule has 0 aliphatic heterocycles. The average Bonchev–Trinajstić information content (AvgIpc) is 1.72. The first kappa shape index (κ1) is 8.05. The minimum absolute atomic E-state index is 0.0556. The van der Waals surface area contributed by atoms with E-state index in [-0.39, 0.29) is 12.7 Å². The van der Waals surface area contributed by atoms with Gasteiger partial charge in [-0.05, 0) is 0 Å². The van der Waals surface area contributed by atoms with Gasteiger partial charge >= 0.3 is 0 Å². The van der Waals surface area contributed by atoms with Crippen LogP contribution in [0.25, 0.3) is 0 Å². The molecule has 2 N–H and O–H groups in total. The second-order valence-electron chi connectivity index (χ2n) is 0.846. The number of aliphatic hydroxyl groups excluding tert-OH is 2. The van der Waals surface area contributed by atoms with Crippen molar-refractivity contribution in [3.8, 4) is 0 Å². The summed E-state index contributed by atoms with van der Waals surface area (Å²) in [7, 11) is 0.567. The fraction of sp³-hybridized carbons (Fsp3) is 1.00. The van der Waals surface area contributed by atoms with E-state index in [4.69, 9.17) is 10.2 Å². The molecule has 0 heterocycles. The maximum absolute atomic E-state index is 8.33. The predicted molar refractivity (Wildman–Crippen MR) is 37.7 cm³/mol. The Kier molecular flexibility index (Phi) is 5.97. The third kappa shape index (κ3) is 3.62. The number of hydrogen-bond donors (Lipinski definition) is 3. The molecule has 0 aliphatic rings. The molecule has 7 heavy (non-hydrogen) atoms. The zero-order chi connectivity index (χ0) is 5.70. The highest BCUT2D eigenvalue weighted by atomic mass is 33.3. The first-order valence-electron chi connectivity index (χ1n) is 1.63. The molecule has 0 unspecified atom stereocenters. The van der Waals surface area contributed by atoms with E-state index in [2.05, 4.69) is 11.7 Å². The van der Waals surface area contributed by atoms with E-state index in [1.165, 1.54) is 10.4 Å². The molecule has 0 spiro atoms. The van der Waals surface area contributed by atoms with Crippen LogP contribution in [0.2, 0.25) is 0 Å². The third-order valence-corrected chi connectivity index (χ3v) is 4.76. The molecular formula is C2H7O2PS2. The average molecular weight is 158 g/mol. The third-order valence-electron chi connectivity index (χ3n) is 0.431. The fourth-order valence-corrected chi connectivity index (χ4v) is 1.53. The largest absolute Gasteiger partial charge is 0.391 e. The van der Waals surface area contributed by atoms with Crippen LogP contribution in [-0.4, -0.2) is 22.9 Å². The summed E-state index contributed by atoms with van der Waals surface area (Å²) in [6.45, 7) is 0. The van der Waals surface area contributed by atoms with Gasteiger partial charge < -0.3 is 10.2 Å². The van der Waals surface area contributed by atoms with Crippen molar-refractivity contribution in [1.82, 2.24) is 0 Å². The van der Waals surface area contributed by atoms with Crippen LogP contribution in [0.15, 0.2) is 0 Å². The molecule has 0 aliphatic carbocycles. The quantitative estimate of drug-likeness (QED) is 0.324. The molecule has 0 saturated carbocycles. The van der Waals surface area contributed by atoms with Gasteiger partial charge in [0.1, 0.15) is 0 Å². The van der Waals surface area contributed by atoms with Crippen molar-refractivity contribution in [2.75, 3.05) is 12.7 Å². The van der Waals surface area contributed by atoms with Crippen molar-refractivity contribution in [3.05, 3.63) is 0 Å². The first-order chi connectivity index (χ1) is 3.35. The SMILES string of the molecule is OCP(CO)SS. The van der Waals surface area contributed by atoms with Gasteiger partial charge in [-0.2, -0.15) is 0 Å². The second kappa shape index (κ2) is 5.19. The molecule has 0 aromatic carbocycles. The minimum Gasteiger partial charge on any atom is -0.391 e. The Morgan fingerprint density at radius 1 is 1.43 bits per heavy atom. The number of rotatable bonds is 3. The van der Waals surface area contributed by atoms with Crippen LogP contribution in [-0.2, 0) is 0 Å². The summed E-state index contributed by atoms with van der Waals surface area (Å²) in [6, 6.07) is 0. The molecule has 0 bridgehead atoms. The smallest absolute Gasteiger partial charge is 0.0749 e. The van der Waals surface area contributed by atoms with E-state index in [1.807, 2.05) is 0 Å². The molecule has 0 rings (SSSR count). The lowest BCUT2D eigenvalue weighted by molar-refractivity contribution is 0.347. The summed E-state index contributed by atoms with van der Waals surface area (Å²) in [6.07, 6.45) is 0.111. The summed E-state index contributed by atoms with van der Waals surface area (Å²) in [5.74, 6) is 0. The highest BCUT2D eigenvalue weighted by Crippen LogP contribution is 2.49. The van der Waals surface area contributed by atoms with E-state index in [9.17, 15) is 0 Å². The summed E-state index contributed by atoms with van der Waals surface area (Å²) in [4.78, 5) is 0. The van der Waals surface area contributed by atoms with Gasteiger partial charge in [0.2, 0.25) is 0 Å². The Balaban J connectivity index is 2.99. The molecule has 0 aromatic heterocycles. The zero-order valence-electron chi connectivity index (χ0n) is 3.61. The topological polar surface area (TPSA) is 40.5 Å². The summed E-state index contributed by atoms with van der Waals surface area (Å²) in [5, 5.41) is 16.7. The maximum Gasteiger partial charge on any atom is 0.0749 e. The Morgan fingerprint density at radius 3 is 1.86 bits per heavy atom. The van der Waals surface area contributed by atoms with Crippen LogP contribution in [0.1, 0.15) is 0 Å². The first-order valence-corrected chi connectivity index (χ1v) is 5.82. The van der Waals surface area contributed by atoms with Gasteiger partial charge in [0.05, 0.1) is 12.7 Å². The molecule has 0 saturated heterocycles. The van der Waals surface area contributed by atoms with E-state index in [0.717, 1.165) is 0 Å². The van der Waals surface area contributed by atoms with E-state index >= 15 is 0 Å². The molecule has 0 aromatic rings. The number of aliphatic hydroxyl groups is 2. The molecule has 2 nitrogen and oxygen atoms in total. The lowest BCUT2D eigenvalue weighted by Crippen LogP contribution is -1.79. The number of thiol groups is 1. The number of hydrogen-bond acceptors (Lipinski definition) is 4. The van der Waals surface area contributed by atoms with Crippen molar-refractivity contribution in [1.29, 1.82) is 0 Å². The minimum atomic E-state index is -0.662. The molecule has 0 fully saturated rings. The van der Waals surface area contributed by atoms with Crippen LogP contribution in [0.3, 0.4) is 0 Å². The normalized spacial score (nSPS) is 10.3. The van der Waals surface area contributed by atoms with E-state index in [1.54, 1.807) is 0 Å². The predicted octanol–water partition coefficient (Wildman–Crippen LogP) is 0.861. The second-order valence-corrected chi connectivity index (χ2v) is 6.05. The van der Waals surface area contributed by atoms with E-state index in [0.29, 0.717) is 0 Å².